The highest BCUT2D eigenvalue weighted by atomic mass is 16.5. The van der Waals surface area contributed by atoms with E-state index in [4.69, 9.17) is 4.74 Å². The third-order valence-corrected chi connectivity index (χ3v) is 3.25. The van der Waals surface area contributed by atoms with E-state index in [9.17, 15) is 4.79 Å². The van der Waals surface area contributed by atoms with Crippen molar-refractivity contribution in [3.8, 4) is 6.01 Å². The third-order valence-electron chi connectivity index (χ3n) is 3.25. The minimum atomic E-state index is 0.0835. The van der Waals surface area contributed by atoms with Crippen molar-refractivity contribution in [2.75, 3.05) is 11.9 Å². The Morgan fingerprint density at radius 2 is 1.94 bits per heavy atom. The van der Waals surface area contributed by atoms with Gasteiger partial charge in [-0.15, -0.1) is 0 Å². The monoisotopic (exact) mass is 249 g/mol. The molecule has 1 aliphatic rings. The molecule has 0 unspecified atom stereocenters. The standard InChI is InChI=1S/C13H19N3O2/c1-4-18-13-14-8(2)11(9(3)15-13)16-12(17)10-6-5-7-10/h10H,4-7H2,1-3H3,(H,16,17). The maximum atomic E-state index is 11.9. The summed E-state index contributed by atoms with van der Waals surface area (Å²) in [5, 5.41) is 2.93. The smallest absolute Gasteiger partial charge is 0.316 e. The predicted molar refractivity (Wildman–Crippen MR) is 68.6 cm³/mol. The van der Waals surface area contributed by atoms with Crippen LogP contribution in [0, 0.1) is 19.8 Å². The summed E-state index contributed by atoms with van der Waals surface area (Å²) >= 11 is 0. The van der Waals surface area contributed by atoms with E-state index in [1.165, 1.54) is 0 Å². The van der Waals surface area contributed by atoms with Crippen molar-refractivity contribution in [1.29, 1.82) is 0 Å². The predicted octanol–water partition coefficient (Wildman–Crippen LogP) is 2.23. The number of carbonyl (C=O) groups is 1. The minimum absolute atomic E-state index is 0.0835. The van der Waals surface area contributed by atoms with Crippen LogP contribution < -0.4 is 10.1 Å². The molecule has 1 aliphatic carbocycles. The van der Waals surface area contributed by atoms with Crippen LogP contribution in [0.1, 0.15) is 37.6 Å². The number of hydrogen-bond donors (Lipinski definition) is 1. The van der Waals surface area contributed by atoms with Crippen LogP contribution >= 0.6 is 0 Å². The van der Waals surface area contributed by atoms with Crippen molar-refractivity contribution in [1.82, 2.24) is 9.97 Å². The molecule has 5 heteroatoms. The van der Waals surface area contributed by atoms with Gasteiger partial charge >= 0.3 is 6.01 Å². The van der Waals surface area contributed by atoms with Crippen LogP contribution in [-0.2, 0) is 4.79 Å². The Labute approximate surface area is 107 Å². The molecular formula is C13H19N3O2. The summed E-state index contributed by atoms with van der Waals surface area (Å²) in [5.41, 5.74) is 2.22. The first-order chi connectivity index (χ1) is 8.61. The molecule has 1 saturated carbocycles. The molecule has 1 fully saturated rings. The summed E-state index contributed by atoms with van der Waals surface area (Å²) < 4.78 is 5.27. The van der Waals surface area contributed by atoms with Gasteiger partial charge in [0.2, 0.25) is 5.91 Å². The van der Waals surface area contributed by atoms with Crippen molar-refractivity contribution >= 4 is 11.6 Å². The maximum Gasteiger partial charge on any atom is 0.316 e. The van der Waals surface area contributed by atoms with Gasteiger partial charge in [0.15, 0.2) is 0 Å². The molecule has 1 aromatic rings. The second kappa shape index (κ2) is 5.33. The summed E-state index contributed by atoms with van der Waals surface area (Å²) in [7, 11) is 0. The molecule has 0 radical (unpaired) electrons. The summed E-state index contributed by atoms with van der Waals surface area (Å²) in [6.45, 7) is 6.13. The third kappa shape index (κ3) is 2.60. The Bertz CT molecular complexity index is 433. The highest BCUT2D eigenvalue weighted by Crippen LogP contribution is 2.28. The van der Waals surface area contributed by atoms with Crippen LogP contribution in [0.25, 0.3) is 0 Å². The highest BCUT2D eigenvalue weighted by molar-refractivity contribution is 5.94. The first kappa shape index (κ1) is 12.8. The summed E-state index contributed by atoms with van der Waals surface area (Å²) in [6.07, 6.45) is 3.12. The molecule has 1 heterocycles. The van der Waals surface area contributed by atoms with Crippen LogP contribution in [0.2, 0.25) is 0 Å². The fraction of sp³-hybridized carbons (Fsp3) is 0.615. The molecule has 1 amide bonds. The minimum Gasteiger partial charge on any atom is -0.464 e. The number of amides is 1. The number of nitrogens with one attached hydrogen (secondary N) is 1. The first-order valence-corrected chi connectivity index (χ1v) is 6.40. The number of aromatic nitrogens is 2. The molecule has 18 heavy (non-hydrogen) atoms. The molecular weight excluding hydrogens is 230 g/mol. The van der Waals surface area contributed by atoms with Gasteiger partial charge in [-0.1, -0.05) is 6.42 Å². The Morgan fingerprint density at radius 1 is 1.33 bits per heavy atom. The van der Waals surface area contributed by atoms with Gasteiger partial charge in [0, 0.05) is 5.92 Å². The van der Waals surface area contributed by atoms with Crippen molar-refractivity contribution in [3.63, 3.8) is 0 Å². The van der Waals surface area contributed by atoms with Crippen molar-refractivity contribution < 1.29 is 9.53 Å². The fourth-order valence-electron chi connectivity index (χ4n) is 1.96. The van der Waals surface area contributed by atoms with E-state index < -0.39 is 0 Å². The van der Waals surface area contributed by atoms with E-state index in [0.717, 1.165) is 36.3 Å². The highest BCUT2D eigenvalue weighted by Gasteiger charge is 2.26. The van der Waals surface area contributed by atoms with E-state index >= 15 is 0 Å². The zero-order chi connectivity index (χ0) is 13.1. The van der Waals surface area contributed by atoms with E-state index in [1.54, 1.807) is 0 Å². The first-order valence-electron chi connectivity index (χ1n) is 6.40. The molecule has 0 bridgehead atoms. The molecule has 1 aromatic heterocycles. The Kier molecular flexibility index (Phi) is 3.79. The second-order valence-electron chi connectivity index (χ2n) is 4.60. The van der Waals surface area contributed by atoms with Crippen LogP contribution in [0.3, 0.4) is 0 Å². The molecule has 0 atom stereocenters. The molecule has 0 spiro atoms. The number of anilines is 1. The van der Waals surface area contributed by atoms with E-state index in [-0.39, 0.29) is 11.8 Å². The zero-order valence-electron chi connectivity index (χ0n) is 11.1. The molecule has 0 aromatic carbocycles. The molecule has 1 N–H and O–H groups in total. The number of aryl methyl sites for hydroxylation is 2. The quantitative estimate of drug-likeness (QED) is 0.888. The molecule has 0 saturated heterocycles. The van der Waals surface area contributed by atoms with E-state index in [2.05, 4.69) is 15.3 Å². The number of rotatable bonds is 4. The maximum absolute atomic E-state index is 11.9. The molecule has 2 rings (SSSR count). The average Bonchev–Trinajstić information content (AvgIpc) is 2.21. The second-order valence-corrected chi connectivity index (χ2v) is 4.60. The van der Waals surface area contributed by atoms with Gasteiger partial charge in [0.1, 0.15) is 0 Å². The van der Waals surface area contributed by atoms with Crippen LogP contribution in [0.5, 0.6) is 6.01 Å². The van der Waals surface area contributed by atoms with Crippen LogP contribution in [-0.4, -0.2) is 22.5 Å². The Morgan fingerprint density at radius 3 is 2.39 bits per heavy atom. The zero-order valence-corrected chi connectivity index (χ0v) is 11.1. The Hall–Kier alpha value is -1.65. The van der Waals surface area contributed by atoms with Crippen molar-refractivity contribution in [3.05, 3.63) is 11.4 Å². The lowest BCUT2D eigenvalue weighted by atomic mass is 9.85. The normalized spacial score (nSPS) is 15.1. The SMILES string of the molecule is CCOc1nc(C)c(NC(=O)C2CCC2)c(C)n1. The lowest BCUT2D eigenvalue weighted by Crippen LogP contribution is -2.29. The largest absolute Gasteiger partial charge is 0.464 e. The number of nitrogens with zero attached hydrogens (tertiary/aromatic N) is 2. The number of carbonyl (C=O) groups excluding carboxylic acids is 1. The number of ether oxygens (including phenoxy) is 1. The Balaban J connectivity index is 2.14. The fourth-order valence-corrected chi connectivity index (χ4v) is 1.96. The van der Waals surface area contributed by atoms with Gasteiger partial charge in [0.05, 0.1) is 23.7 Å². The van der Waals surface area contributed by atoms with Gasteiger partial charge < -0.3 is 10.1 Å². The number of hydrogen-bond acceptors (Lipinski definition) is 4. The summed E-state index contributed by atoms with van der Waals surface area (Å²) in [4.78, 5) is 20.4. The van der Waals surface area contributed by atoms with Crippen molar-refractivity contribution in [2.24, 2.45) is 5.92 Å². The molecule has 0 aliphatic heterocycles. The summed E-state index contributed by atoms with van der Waals surface area (Å²) in [5.74, 6) is 0.246. The van der Waals surface area contributed by atoms with E-state index in [1.807, 2.05) is 20.8 Å². The lowest BCUT2D eigenvalue weighted by molar-refractivity contribution is -0.122. The van der Waals surface area contributed by atoms with Gasteiger partial charge in [0.25, 0.3) is 0 Å². The topological polar surface area (TPSA) is 64.1 Å². The molecule has 5 nitrogen and oxygen atoms in total. The lowest BCUT2D eigenvalue weighted by Gasteiger charge is -2.24. The van der Waals surface area contributed by atoms with Gasteiger partial charge in [-0.3, -0.25) is 4.79 Å². The van der Waals surface area contributed by atoms with Crippen LogP contribution in [0.4, 0.5) is 5.69 Å². The van der Waals surface area contributed by atoms with Crippen molar-refractivity contribution in [2.45, 2.75) is 40.0 Å². The summed E-state index contributed by atoms with van der Waals surface area (Å²) in [6, 6.07) is 0.370. The van der Waals surface area contributed by atoms with Gasteiger partial charge in [-0.2, -0.15) is 9.97 Å². The van der Waals surface area contributed by atoms with Gasteiger partial charge in [-0.25, -0.2) is 0 Å². The van der Waals surface area contributed by atoms with E-state index in [0.29, 0.717) is 12.6 Å². The van der Waals surface area contributed by atoms with Crippen LogP contribution in [0.15, 0.2) is 0 Å². The average molecular weight is 249 g/mol. The molecule has 98 valence electrons. The van der Waals surface area contributed by atoms with Gasteiger partial charge in [-0.05, 0) is 33.6 Å².